The van der Waals surface area contributed by atoms with Gasteiger partial charge in [-0.15, -0.1) is 0 Å². The number of carbonyl (C=O) groups is 2. The Labute approximate surface area is 145 Å². The number of furan rings is 1. The van der Waals surface area contributed by atoms with Crippen molar-refractivity contribution in [2.24, 2.45) is 11.7 Å². The molecule has 1 atom stereocenters. The van der Waals surface area contributed by atoms with E-state index in [1.54, 1.807) is 4.90 Å². The van der Waals surface area contributed by atoms with E-state index in [1.165, 1.54) is 0 Å². The van der Waals surface area contributed by atoms with E-state index in [9.17, 15) is 9.59 Å². The van der Waals surface area contributed by atoms with Gasteiger partial charge in [0.15, 0.2) is 5.76 Å². The molecule has 126 valence electrons. The van der Waals surface area contributed by atoms with E-state index >= 15 is 0 Å². The van der Waals surface area contributed by atoms with Crippen LogP contribution >= 0.6 is 0 Å². The van der Waals surface area contributed by atoms with Crippen molar-refractivity contribution in [3.05, 3.63) is 65.4 Å². The molecule has 0 saturated heterocycles. The van der Waals surface area contributed by atoms with Crippen LogP contribution in [-0.2, 0) is 11.2 Å². The number of rotatable bonds is 2. The van der Waals surface area contributed by atoms with E-state index in [-0.39, 0.29) is 12.5 Å². The first-order chi connectivity index (χ1) is 12.1. The van der Waals surface area contributed by atoms with Crippen molar-refractivity contribution < 1.29 is 14.0 Å². The lowest BCUT2D eigenvalue weighted by Gasteiger charge is -2.32. The third kappa shape index (κ3) is 2.48. The molecule has 5 nitrogen and oxygen atoms in total. The van der Waals surface area contributed by atoms with E-state index in [1.807, 2.05) is 55.5 Å². The monoisotopic (exact) mass is 334 g/mol. The highest BCUT2D eigenvalue weighted by Crippen LogP contribution is 2.33. The summed E-state index contributed by atoms with van der Waals surface area (Å²) < 4.78 is 5.82. The molecule has 0 radical (unpaired) electrons. The van der Waals surface area contributed by atoms with Crippen molar-refractivity contribution in [3.8, 4) is 0 Å². The van der Waals surface area contributed by atoms with Crippen LogP contribution in [-0.4, -0.2) is 18.4 Å². The quantitative estimate of drug-likeness (QED) is 0.782. The Balaban J connectivity index is 1.80. The topological polar surface area (TPSA) is 76.5 Å². The van der Waals surface area contributed by atoms with Crippen molar-refractivity contribution >= 4 is 28.5 Å². The predicted molar refractivity (Wildman–Crippen MR) is 95.5 cm³/mol. The summed E-state index contributed by atoms with van der Waals surface area (Å²) in [5, 5.41) is 0.919. The molecular weight excluding hydrogens is 316 g/mol. The Bertz CT molecular complexity index is 990. The van der Waals surface area contributed by atoms with Gasteiger partial charge < -0.3 is 15.1 Å². The molecule has 1 aliphatic heterocycles. The molecule has 5 heteroatoms. The summed E-state index contributed by atoms with van der Waals surface area (Å²) in [7, 11) is 0. The molecule has 0 saturated carbocycles. The number of nitrogens with zero attached hydrogens (tertiary/aromatic N) is 1. The highest BCUT2D eigenvalue weighted by Gasteiger charge is 2.33. The predicted octanol–water partition coefficient (Wildman–Crippen LogP) is 3.05. The Hall–Kier alpha value is -3.08. The number of benzene rings is 2. The van der Waals surface area contributed by atoms with Crippen LogP contribution in [0.5, 0.6) is 0 Å². The second kappa shape index (κ2) is 5.77. The lowest BCUT2D eigenvalue weighted by atomic mass is 9.91. The van der Waals surface area contributed by atoms with Gasteiger partial charge in [0, 0.05) is 23.2 Å². The van der Waals surface area contributed by atoms with Crippen molar-refractivity contribution in [1.82, 2.24) is 0 Å². The van der Waals surface area contributed by atoms with E-state index < -0.39 is 11.8 Å². The minimum Gasteiger partial charge on any atom is -0.451 e. The molecule has 0 fully saturated rings. The Morgan fingerprint density at radius 1 is 1.12 bits per heavy atom. The van der Waals surface area contributed by atoms with Crippen LogP contribution in [0, 0.1) is 12.8 Å². The average Bonchev–Trinajstić information content (AvgIpc) is 2.97. The number of para-hydroxylation sites is 2. The van der Waals surface area contributed by atoms with E-state index in [0.717, 1.165) is 22.2 Å². The van der Waals surface area contributed by atoms with Crippen molar-refractivity contribution in [1.29, 1.82) is 0 Å². The lowest BCUT2D eigenvalue weighted by molar-refractivity contribution is -0.121. The zero-order valence-corrected chi connectivity index (χ0v) is 13.9. The number of hydrogen-bond acceptors (Lipinski definition) is 3. The Morgan fingerprint density at radius 3 is 2.60 bits per heavy atom. The van der Waals surface area contributed by atoms with Crippen LogP contribution in [0.3, 0.4) is 0 Å². The van der Waals surface area contributed by atoms with Crippen LogP contribution in [0.1, 0.15) is 21.7 Å². The van der Waals surface area contributed by atoms with Crippen LogP contribution in [0.4, 0.5) is 5.69 Å². The van der Waals surface area contributed by atoms with Gasteiger partial charge >= 0.3 is 0 Å². The van der Waals surface area contributed by atoms with Crippen molar-refractivity contribution in [3.63, 3.8) is 0 Å². The molecule has 0 bridgehead atoms. The van der Waals surface area contributed by atoms with Gasteiger partial charge in [0.05, 0.1) is 5.92 Å². The fourth-order valence-corrected chi connectivity index (χ4v) is 3.48. The summed E-state index contributed by atoms with van der Waals surface area (Å²) in [4.78, 5) is 26.5. The van der Waals surface area contributed by atoms with Crippen molar-refractivity contribution in [2.45, 2.75) is 13.3 Å². The van der Waals surface area contributed by atoms with Crippen LogP contribution < -0.4 is 10.6 Å². The maximum atomic E-state index is 13.2. The molecule has 2 aromatic carbocycles. The minimum atomic E-state index is -0.400. The zero-order chi connectivity index (χ0) is 17.6. The van der Waals surface area contributed by atoms with E-state index in [4.69, 9.17) is 10.2 Å². The van der Waals surface area contributed by atoms with Gasteiger partial charge in [0.1, 0.15) is 5.58 Å². The van der Waals surface area contributed by atoms with Crippen molar-refractivity contribution in [2.75, 3.05) is 11.4 Å². The zero-order valence-electron chi connectivity index (χ0n) is 13.9. The van der Waals surface area contributed by atoms with Gasteiger partial charge in [-0.1, -0.05) is 36.4 Å². The number of carbonyl (C=O) groups excluding carboxylic acids is 2. The Kier molecular flexibility index (Phi) is 3.57. The minimum absolute atomic E-state index is 0.243. The van der Waals surface area contributed by atoms with Crippen LogP contribution in [0.25, 0.3) is 11.0 Å². The number of primary amides is 1. The summed E-state index contributed by atoms with van der Waals surface area (Å²) in [6.07, 6.45) is 0.550. The lowest BCUT2D eigenvalue weighted by Crippen LogP contribution is -2.44. The third-order valence-corrected chi connectivity index (χ3v) is 4.84. The molecule has 1 aromatic heterocycles. The number of hydrogen-bond donors (Lipinski definition) is 1. The second-order valence-corrected chi connectivity index (χ2v) is 6.40. The van der Waals surface area contributed by atoms with Gasteiger partial charge in [0.25, 0.3) is 5.91 Å². The summed E-state index contributed by atoms with van der Waals surface area (Å²) in [6, 6.07) is 15.2. The standard InChI is InChI=1S/C20H18N2O3/c1-12-15-7-3-5-9-17(15)25-18(12)20(24)22-11-14(19(21)23)10-13-6-2-4-8-16(13)22/h2-9,14H,10-11H2,1H3,(H2,21,23)/t14-/m0/s1. The molecule has 25 heavy (non-hydrogen) atoms. The first-order valence-electron chi connectivity index (χ1n) is 8.23. The van der Waals surface area contributed by atoms with E-state index in [2.05, 4.69) is 0 Å². The molecule has 0 unspecified atom stereocenters. The molecule has 2 heterocycles. The normalized spacial score (nSPS) is 16.7. The Morgan fingerprint density at radius 2 is 1.84 bits per heavy atom. The number of nitrogens with two attached hydrogens (primary N) is 1. The summed E-state index contributed by atoms with van der Waals surface area (Å²) in [6.45, 7) is 2.14. The molecule has 2 amide bonds. The average molecular weight is 334 g/mol. The smallest absolute Gasteiger partial charge is 0.294 e. The number of aryl methyl sites for hydroxylation is 1. The van der Waals surface area contributed by atoms with Gasteiger partial charge in [0.2, 0.25) is 5.91 Å². The largest absolute Gasteiger partial charge is 0.451 e. The maximum absolute atomic E-state index is 13.2. The summed E-state index contributed by atoms with van der Waals surface area (Å²) in [5.41, 5.74) is 8.76. The highest BCUT2D eigenvalue weighted by atomic mass is 16.3. The fourth-order valence-electron chi connectivity index (χ4n) is 3.48. The number of fused-ring (bicyclic) bond motifs is 2. The fraction of sp³-hybridized carbons (Fsp3) is 0.200. The molecule has 2 N–H and O–H groups in total. The maximum Gasteiger partial charge on any atom is 0.294 e. The third-order valence-electron chi connectivity index (χ3n) is 4.84. The van der Waals surface area contributed by atoms with Crippen LogP contribution in [0.15, 0.2) is 52.9 Å². The first kappa shape index (κ1) is 15.4. The van der Waals surface area contributed by atoms with Gasteiger partial charge in [-0.25, -0.2) is 0 Å². The summed E-state index contributed by atoms with van der Waals surface area (Å²) in [5.74, 6) is -0.731. The van der Waals surface area contributed by atoms with Gasteiger partial charge in [-0.2, -0.15) is 0 Å². The van der Waals surface area contributed by atoms with Gasteiger partial charge in [-0.05, 0) is 31.0 Å². The number of amides is 2. The molecule has 1 aliphatic rings. The molecule has 4 rings (SSSR count). The molecule has 3 aromatic rings. The van der Waals surface area contributed by atoms with Gasteiger partial charge in [-0.3, -0.25) is 9.59 Å². The van der Waals surface area contributed by atoms with E-state index in [0.29, 0.717) is 17.8 Å². The summed E-state index contributed by atoms with van der Waals surface area (Å²) >= 11 is 0. The molecule has 0 aliphatic carbocycles. The number of anilines is 1. The first-order valence-corrected chi connectivity index (χ1v) is 8.23. The highest BCUT2D eigenvalue weighted by molar-refractivity contribution is 6.09. The molecular formula is C20H18N2O3. The van der Waals surface area contributed by atoms with Crippen LogP contribution in [0.2, 0.25) is 0 Å². The second-order valence-electron chi connectivity index (χ2n) is 6.40. The molecule has 0 spiro atoms. The SMILES string of the molecule is Cc1c(C(=O)N2C[C@@H](C(N)=O)Cc3ccccc32)oc2ccccc12.